The number of carbonyl (C=O) groups excluding carboxylic acids is 1. The number of amides is 1. The van der Waals surface area contributed by atoms with E-state index in [1.807, 2.05) is 4.90 Å². The van der Waals surface area contributed by atoms with Gasteiger partial charge >= 0.3 is 0 Å². The molecule has 1 fully saturated rings. The van der Waals surface area contributed by atoms with Crippen molar-refractivity contribution in [3.8, 4) is 0 Å². The molecule has 1 heterocycles. The van der Waals surface area contributed by atoms with Crippen LogP contribution in [0.25, 0.3) is 0 Å². The lowest BCUT2D eigenvalue weighted by Gasteiger charge is -2.40. The number of hydrogen-bond acceptors (Lipinski definition) is 5. The summed E-state index contributed by atoms with van der Waals surface area (Å²) in [6.07, 6.45) is 0.201. The fraction of sp³-hybridized carbons (Fsp3) is 0.923. The van der Waals surface area contributed by atoms with Crippen molar-refractivity contribution in [3.63, 3.8) is 0 Å². The summed E-state index contributed by atoms with van der Waals surface area (Å²) in [4.78, 5) is 16.4. The van der Waals surface area contributed by atoms with Gasteiger partial charge in [-0.2, -0.15) is 0 Å². The summed E-state index contributed by atoms with van der Waals surface area (Å²) >= 11 is 0. The molecule has 0 aromatic heterocycles. The summed E-state index contributed by atoms with van der Waals surface area (Å²) in [5.41, 5.74) is 5.55. The van der Waals surface area contributed by atoms with Crippen LogP contribution < -0.4 is 5.73 Å². The lowest BCUT2D eigenvalue weighted by atomic mass is 10.1. The van der Waals surface area contributed by atoms with Crippen molar-refractivity contribution in [1.82, 2.24) is 9.80 Å². The van der Waals surface area contributed by atoms with Crippen LogP contribution in [0.15, 0.2) is 0 Å². The van der Waals surface area contributed by atoms with Crippen molar-refractivity contribution < 1.29 is 14.3 Å². The maximum Gasteiger partial charge on any atom is 0.225 e. The number of halogens is 2. The highest BCUT2D eigenvalue weighted by Crippen LogP contribution is 2.11. The molecule has 128 valence electrons. The first-order valence-corrected chi connectivity index (χ1v) is 6.86. The molecule has 1 aliphatic heterocycles. The Kier molecular flexibility index (Phi) is 13.7. The quantitative estimate of drug-likeness (QED) is 0.722. The van der Waals surface area contributed by atoms with Gasteiger partial charge in [-0.25, -0.2) is 0 Å². The van der Waals surface area contributed by atoms with Gasteiger partial charge in [-0.3, -0.25) is 9.69 Å². The van der Waals surface area contributed by atoms with E-state index in [1.165, 1.54) is 0 Å². The first kappa shape index (κ1) is 23.2. The standard InChI is InChI=1S/C13H27N3O3.2ClH/c1-11-10-16(5-4-15(11)6-7-18-2)13(17)8-12(9-14)19-3;;/h11-12H,4-10,14H2,1-3H3;2*1H. The molecule has 2 atom stereocenters. The van der Waals surface area contributed by atoms with Gasteiger partial charge in [0.25, 0.3) is 0 Å². The van der Waals surface area contributed by atoms with E-state index in [-0.39, 0.29) is 36.8 Å². The molecule has 0 saturated carbocycles. The van der Waals surface area contributed by atoms with Crippen LogP contribution in [0.2, 0.25) is 0 Å². The van der Waals surface area contributed by atoms with E-state index in [2.05, 4.69) is 11.8 Å². The molecule has 6 nitrogen and oxygen atoms in total. The van der Waals surface area contributed by atoms with Gasteiger partial charge in [0, 0.05) is 53.0 Å². The van der Waals surface area contributed by atoms with Gasteiger partial charge in [-0.15, -0.1) is 24.8 Å². The zero-order valence-electron chi connectivity index (χ0n) is 13.1. The summed E-state index contributed by atoms with van der Waals surface area (Å²) in [7, 11) is 3.30. The number of piperazine rings is 1. The number of nitrogens with two attached hydrogens (primary N) is 1. The Morgan fingerprint density at radius 2 is 2.00 bits per heavy atom. The van der Waals surface area contributed by atoms with E-state index in [4.69, 9.17) is 15.2 Å². The van der Waals surface area contributed by atoms with Crippen molar-refractivity contribution in [2.24, 2.45) is 5.73 Å². The molecular formula is C13H29Cl2N3O3. The lowest BCUT2D eigenvalue weighted by molar-refractivity contribution is -0.136. The maximum absolute atomic E-state index is 12.1. The van der Waals surface area contributed by atoms with Crippen molar-refractivity contribution in [2.45, 2.75) is 25.5 Å². The minimum absolute atomic E-state index is 0. The Hall–Kier alpha value is -0.110. The average molecular weight is 346 g/mol. The van der Waals surface area contributed by atoms with Crippen LogP contribution in [0.5, 0.6) is 0 Å². The second kappa shape index (κ2) is 12.4. The third-order valence-corrected chi connectivity index (χ3v) is 3.70. The van der Waals surface area contributed by atoms with Crippen molar-refractivity contribution in [1.29, 1.82) is 0 Å². The minimum atomic E-state index is -0.172. The van der Waals surface area contributed by atoms with Gasteiger partial charge in [0.15, 0.2) is 0 Å². The monoisotopic (exact) mass is 345 g/mol. The fourth-order valence-electron chi connectivity index (χ4n) is 2.35. The Labute approximate surface area is 140 Å². The third kappa shape index (κ3) is 7.63. The molecule has 1 aliphatic rings. The number of hydrogen-bond donors (Lipinski definition) is 1. The van der Waals surface area contributed by atoms with Gasteiger partial charge in [-0.05, 0) is 6.92 Å². The van der Waals surface area contributed by atoms with Crippen LogP contribution in [0.1, 0.15) is 13.3 Å². The molecule has 8 heteroatoms. The Morgan fingerprint density at radius 1 is 1.33 bits per heavy atom. The molecule has 2 unspecified atom stereocenters. The van der Waals surface area contributed by atoms with Gasteiger partial charge in [0.1, 0.15) is 0 Å². The topological polar surface area (TPSA) is 68.0 Å². The van der Waals surface area contributed by atoms with Crippen LogP contribution in [0.4, 0.5) is 0 Å². The minimum Gasteiger partial charge on any atom is -0.383 e. The predicted molar refractivity (Wildman–Crippen MR) is 88.5 cm³/mol. The fourth-order valence-corrected chi connectivity index (χ4v) is 2.35. The third-order valence-electron chi connectivity index (χ3n) is 3.70. The Balaban J connectivity index is 0. The van der Waals surface area contributed by atoms with Crippen molar-refractivity contribution in [3.05, 3.63) is 0 Å². The molecule has 2 N–H and O–H groups in total. The van der Waals surface area contributed by atoms with E-state index < -0.39 is 0 Å². The van der Waals surface area contributed by atoms with E-state index in [9.17, 15) is 4.79 Å². The first-order chi connectivity index (χ1) is 9.12. The maximum atomic E-state index is 12.1. The lowest BCUT2D eigenvalue weighted by Crippen LogP contribution is -2.54. The number of methoxy groups -OCH3 is 2. The number of ether oxygens (including phenoxy) is 2. The summed E-state index contributed by atoms with van der Waals surface area (Å²) in [6, 6.07) is 0.367. The molecule has 0 spiro atoms. The van der Waals surface area contributed by atoms with Crippen molar-refractivity contribution >= 4 is 30.7 Å². The van der Waals surface area contributed by atoms with E-state index in [0.29, 0.717) is 19.0 Å². The second-order valence-electron chi connectivity index (χ2n) is 5.02. The molecule has 1 rings (SSSR count). The molecule has 0 aliphatic carbocycles. The molecule has 1 saturated heterocycles. The Bertz CT molecular complexity index is 281. The molecule has 0 bridgehead atoms. The van der Waals surface area contributed by atoms with Crippen LogP contribution in [-0.2, 0) is 14.3 Å². The SMILES string of the molecule is COCCN1CCN(C(=O)CC(CN)OC)CC1C.Cl.Cl. The molecule has 1 amide bonds. The first-order valence-electron chi connectivity index (χ1n) is 6.86. The Morgan fingerprint density at radius 3 is 2.48 bits per heavy atom. The molecule has 21 heavy (non-hydrogen) atoms. The van der Waals surface area contributed by atoms with Crippen molar-refractivity contribution in [2.75, 3.05) is 53.6 Å². The van der Waals surface area contributed by atoms with Crippen LogP contribution in [0, 0.1) is 0 Å². The molecule has 0 aromatic rings. The summed E-state index contributed by atoms with van der Waals surface area (Å²) in [5.74, 6) is 0.135. The summed E-state index contributed by atoms with van der Waals surface area (Å²) in [6.45, 7) is 6.62. The number of rotatable bonds is 7. The zero-order valence-corrected chi connectivity index (χ0v) is 14.8. The highest BCUT2D eigenvalue weighted by Gasteiger charge is 2.27. The smallest absolute Gasteiger partial charge is 0.225 e. The molecule has 0 radical (unpaired) electrons. The number of carbonyl (C=O) groups is 1. The van der Waals surface area contributed by atoms with Crippen LogP contribution in [-0.4, -0.2) is 81.4 Å². The highest BCUT2D eigenvalue weighted by molar-refractivity contribution is 5.85. The highest BCUT2D eigenvalue weighted by atomic mass is 35.5. The largest absolute Gasteiger partial charge is 0.383 e. The van der Waals surface area contributed by atoms with Gasteiger partial charge < -0.3 is 20.1 Å². The molecular weight excluding hydrogens is 317 g/mol. The zero-order chi connectivity index (χ0) is 14.3. The molecule has 0 aromatic carbocycles. The van der Waals surface area contributed by atoms with E-state index in [1.54, 1.807) is 14.2 Å². The van der Waals surface area contributed by atoms with Gasteiger partial charge in [0.2, 0.25) is 5.91 Å². The van der Waals surface area contributed by atoms with Gasteiger partial charge in [-0.1, -0.05) is 0 Å². The average Bonchev–Trinajstić information content (AvgIpc) is 2.43. The van der Waals surface area contributed by atoms with E-state index >= 15 is 0 Å². The summed E-state index contributed by atoms with van der Waals surface area (Å²) < 4.78 is 10.3. The van der Waals surface area contributed by atoms with Gasteiger partial charge in [0.05, 0.1) is 19.1 Å². The normalized spacial score (nSPS) is 20.4. The predicted octanol–water partition coefficient (Wildman–Crippen LogP) is 0.373. The van der Waals surface area contributed by atoms with Crippen LogP contribution in [0.3, 0.4) is 0 Å². The van der Waals surface area contributed by atoms with Crippen LogP contribution >= 0.6 is 24.8 Å². The van der Waals surface area contributed by atoms with E-state index in [0.717, 1.165) is 32.8 Å². The second-order valence-corrected chi connectivity index (χ2v) is 5.02. The summed E-state index contributed by atoms with van der Waals surface area (Å²) in [5, 5.41) is 0. The number of nitrogens with zero attached hydrogens (tertiary/aromatic N) is 2.